The summed E-state index contributed by atoms with van der Waals surface area (Å²) in [4.78, 5) is 15.6. The van der Waals surface area contributed by atoms with Crippen LogP contribution in [0, 0.1) is 0 Å². The van der Waals surface area contributed by atoms with E-state index in [-0.39, 0.29) is 5.91 Å². The van der Waals surface area contributed by atoms with Crippen LogP contribution in [0.5, 0.6) is 5.75 Å². The second-order valence-electron chi connectivity index (χ2n) is 4.99. The Morgan fingerprint density at radius 3 is 2.81 bits per heavy atom. The molecular weight excluding hydrogens is 282 g/mol. The van der Waals surface area contributed by atoms with Gasteiger partial charge in [-0.3, -0.25) is 4.79 Å². The van der Waals surface area contributed by atoms with Crippen molar-refractivity contribution in [2.24, 2.45) is 0 Å². The molecular formula is C17H17NO2S. The number of hydrogen-bond acceptors (Lipinski definition) is 3. The van der Waals surface area contributed by atoms with Gasteiger partial charge in [-0.2, -0.15) is 0 Å². The van der Waals surface area contributed by atoms with Crippen LogP contribution in [-0.4, -0.2) is 18.3 Å². The number of fused-ring (bicyclic) bond motifs is 1. The number of nitrogens with zero attached hydrogens (tertiary/aromatic N) is 1. The molecule has 1 aliphatic rings. The zero-order valence-corrected chi connectivity index (χ0v) is 12.9. The molecule has 0 radical (unpaired) electrons. The van der Waals surface area contributed by atoms with E-state index in [1.54, 1.807) is 23.6 Å². The summed E-state index contributed by atoms with van der Waals surface area (Å²) < 4.78 is 5.78. The quantitative estimate of drug-likeness (QED) is 0.792. The zero-order valence-electron chi connectivity index (χ0n) is 12.1. The van der Waals surface area contributed by atoms with Crippen LogP contribution in [0.3, 0.4) is 0 Å². The third-order valence-electron chi connectivity index (χ3n) is 3.58. The van der Waals surface area contributed by atoms with Crippen LogP contribution in [0.4, 0.5) is 5.69 Å². The Balaban J connectivity index is 2.02. The van der Waals surface area contributed by atoms with Crippen molar-refractivity contribution in [2.75, 3.05) is 11.2 Å². The summed E-state index contributed by atoms with van der Waals surface area (Å²) in [5.41, 5.74) is 1.95. The summed E-state index contributed by atoms with van der Waals surface area (Å²) in [5, 5.41) is 0. The molecule has 21 heavy (non-hydrogen) atoms. The molecule has 3 rings (SSSR count). The predicted octanol–water partition coefficient (Wildman–Crippen LogP) is 3.72. The molecule has 0 saturated carbocycles. The van der Waals surface area contributed by atoms with Crippen molar-refractivity contribution in [3.8, 4) is 5.75 Å². The SMILES string of the molecule is CSc1cccc(N2Cc3ccccc3O[C@@H](C)C2=O)c1. The van der Waals surface area contributed by atoms with Crippen molar-refractivity contribution >= 4 is 23.4 Å². The number of benzene rings is 2. The summed E-state index contributed by atoms with van der Waals surface area (Å²) >= 11 is 1.67. The molecule has 4 heteroatoms. The van der Waals surface area contributed by atoms with Crippen LogP contribution < -0.4 is 9.64 Å². The summed E-state index contributed by atoms with van der Waals surface area (Å²) in [6, 6.07) is 15.9. The van der Waals surface area contributed by atoms with Crippen LogP contribution in [-0.2, 0) is 11.3 Å². The van der Waals surface area contributed by atoms with Gasteiger partial charge in [0, 0.05) is 16.1 Å². The Morgan fingerprint density at radius 1 is 1.19 bits per heavy atom. The van der Waals surface area contributed by atoms with Gasteiger partial charge in [-0.25, -0.2) is 0 Å². The van der Waals surface area contributed by atoms with Crippen molar-refractivity contribution in [3.63, 3.8) is 0 Å². The van der Waals surface area contributed by atoms with E-state index < -0.39 is 6.10 Å². The van der Waals surface area contributed by atoms with Crippen LogP contribution in [0.15, 0.2) is 53.4 Å². The lowest BCUT2D eigenvalue weighted by Gasteiger charge is -2.22. The molecule has 0 aromatic heterocycles. The van der Waals surface area contributed by atoms with Crippen molar-refractivity contribution in [3.05, 3.63) is 54.1 Å². The number of ether oxygens (including phenoxy) is 1. The Kier molecular flexibility index (Phi) is 3.88. The van der Waals surface area contributed by atoms with Gasteiger partial charge in [0.05, 0.1) is 6.54 Å². The first kappa shape index (κ1) is 14.0. The summed E-state index contributed by atoms with van der Waals surface area (Å²) in [7, 11) is 0. The van der Waals surface area contributed by atoms with Crippen molar-refractivity contribution < 1.29 is 9.53 Å². The third kappa shape index (κ3) is 2.76. The van der Waals surface area contributed by atoms with Gasteiger partial charge in [0.25, 0.3) is 5.91 Å². The van der Waals surface area contributed by atoms with Gasteiger partial charge in [0.1, 0.15) is 5.75 Å². The molecule has 2 aromatic carbocycles. The fourth-order valence-electron chi connectivity index (χ4n) is 2.45. The maximum atomic E-state index is 12.6. The lowest BCUT2D eigenvalue weighted by atomic mass is 10.2. The van der Waals surface area contributed by atoms with Crippen molar-refractivity contribution in [1.29, 1.82) is 0 Å². The molecule has 1 heterocycles. The molecule has 0 unspecified atom stereocenters. The highest BCUT2D eigenvalue weighted by Gasteiger charge is 2.28. The number of amides is 1. The topological polar surface area (TPSA) is 29.5 Å². The highest BCUT2D eigenvalue weighted by molar-refractivity contribution is 7.98. The van der Waals surface area contributed by atoms with Gasteiger partial charge in [-0.15, -0.1) is 11.8 Å². The second kappa shape index (κ2) is 5.82. The maximum absolute atomic E-state index is 12.6. The Hall–Kier alpha value is -1.94. The molecule has 1 atom stereocenters. The zero-order chi connectivity index (χ0) is 14.8. The number of thioether (sulfide) groups is 1. The van der Waals surface area contributed by atoms with Gasteiger partial charge in [-0.1, -0.05) is 24.3 Å². The van der Waals surface area contributed by atoms with Crippen molar-refractivity contribution in [1.82, 2.24) is 0 Å². The summed E-state index contributed by atoms with van der Waals surface area (Å²) in [6.45, 7) is 2.34. The lowest BCUT2D eigenvalue weighted by molar-refractivity contribution is -0.124. The third-order valence-corrected chi connectivity index (χ3v) is 4.31. The number of anilines is 1. The summed E-state index contributed by atoms with van der Waals surface area (Å²) in [6.07, 6.45) is 1.55. The van der Waals surface area contributed by atoms with E-state index in [9.17, 15) is 4.79 Å². The highest BCUT2D eigenvalue weighted by atomic mass is 32.2. The first-order chi connectivity index (χ1) is 10.2. The average Bonchev–Trinajstić information content (AvgIpc) is 2.65. The first-order valence-electron chi connectivity index (χ1n) is 6.89. The normalized spacial score (nSPS) is 17.9. The molecule has 0 spiro atoms. The minimum Gasteiger partial charge on any atom is -0.481 e. The number of para-hydroxylation sites is 1. The molecule has 2 aromatic rings. The van der Waals surface area contributed by atoms with E-state index >= 15 is 0 Å². The fourth-order valence-corrected chi connectivity index (χ4v) is 2.91. The maximum Gasteiger partial charge on any atom is 0.268 e. The molecule has 1 aliphatic heterocycles. The van der Waals surface area contributed by atoms with E-state index in [2.05, 4.69) is 0 Å². The fraction of sp³-hybridized carbons (Fsp3) is 0.235. The van der Waals surface area contributed by atoms with Gasteiger partial charge in [0.2, 0.25) is 0 Å². The van der Waals surface area contributed by atoms with E-state index in [1.807, 2.05) is 54.8 Å². The van der Waals surface area contributed by atoms with Gasteiger partial charge in [-0.05, 0) is 37.4 Å². The molecule has 0 aliphatic carbocycles. The van der Waals surface area contributed by atoms with E-state index in [1.165, 1.54) is 0 Å². The van der Waals surface area contributed by atoms with Gasteiger partial charge >= 0.3 is 0 Å². The first-order valence-corrected chi connectivity index (χ1v) is 8.11. The number of carbonyl (C=O) groups is 1. The molecule has 108 valence electrons. The number of rotatable bonds is 2. The summed E-state index contributed by atoms with van der Waals surface area (Å²) in [5.74, 6) is 0.784. The Labute approximate surface area is 128 Å². The molecule has 1 amide bonds. The monoisotopic (exact) mass is 299 g/mol. The van der Waals surface area contributed by atoms with E-state index in [0.717, 1.165) is 21.9 Å². The van der Waals surface area contributed by atoms with E-state index in [4.69, 9.17) is 4.74 Å². The van der Waals surface area contributed by atoms with Gasteiger partial charge < -0.3 is 9.64 Å². The van der Waals surface area contributed by atoms with Crippen molar-refractivity contribution in [2.45, 2.75) is 24.5 Å². The molecule has 0 saturated heterocycles. The predicted molar refractivity (Wildman–Crippen MR) is 85.9 cm³/mol. The highest BCUT2D eigenvalue weighted by Crippen LogP contribution is 2.30. The molecule has 0 fully saturated rings. The second-order valence-corrected chi connectivity index (χ2v) is 5.87. The molecule has 0 bridgehead atoms. The Bertz CT molecular complexity index is 671. The number of carbonyl (C=O) groups excluding carboxylic acids is 1. The van der Waals surface area contributed by atoms with Crippen LogP contribution >= 0.6 is 11.8 Å². The largest absolute Gasteiger partial charge is 0.481 e. The van der Waals surface area contributed by atoms with Gasteiger partial charge in [0.15, 0.2) is 6.10 Å². The Morgan fingerprint density at radius 2 is 2.00 bits per heavy atom. The number of hydrogen-bond donors (Lipinski definition) is 0. The lowest BCUT2D eigenvalue weighted by Crippen LogP contribution is -2.38. The smallest absolute Gasteiger partial charge is 0.268 e. The molecule has 0 N–H and O–H groups in total. The minimum atomic E-state index is -0.480. The standard InChI is InChI=1S/C17H17NO2S/c1-12-17(19)18(14-7-5-8-15(10-14)21-2)11-13-6-3-4-9-16(13)20-12/h3-10,12H,11H2,1-2H3/t12-/m0/s1. The van der Waals surface area contributed by atoms with Crippen LogP contribution in [0.25, 0.3) is 0 Å². The average molecular weight is 299 g/mol. The minimum absolute atomic E-state index is 0.00977. The van der Waals surface area contributed by atoms with Crippen LogP contribution in [0.1, 0.15) is 12.5 Å². The molecule has 3 nitrogen and oxygen atoms in total. The van der Waals surface area contributed by atoms with Crippen LogP contribution in [0.2, 0.25) is 0 Å². The van der Waals surface area contributed by atoms with E-state index in [0.29, 0.717) is 6.54 Å².